The lowest BCUT2D eigenvalue weighted by molar-refractivity contribution is -0.164. The van der Waals surface area contributed by atoms with Crippen molar-refractivity contribution in [3.63, 3.8) is 0 Å². The summed E-state index contributed by atoms with van der Waals surface area (Å²) in [7, 11) is 1.59. The highest BCUT2D eigenvalue weighted by Crippen LogP contribution is 2.43. The van der Waals surface area contributed by atoms with E-state index in [1.807, 2.05) is 16.7 Å². The van der Waals surface area contributed by atoms with E-state index in [9.17, 15) is 14.7 Å². The highest BCUT2D eigenvalue weighted by molar-refractivity contribution is 5.88. The number of aromatic carboxylic acids is 1. The molecule has 1 aromatic carbocycles. The largest absolute Gasteiger partial charge is 0.493 e. The van der Waals surface area contributed by atoms with Gasteiger partial charge < -0.3 is 28.6 Å². The predicted molar refractivity (Wildman–Crippen MR) is 136 cm³/mol. The van der Waals surface area contributed by atoms with E-state index in [0.717, 1.165) is 24.2 Å². The normalized spacial score (nSPS) is 17.9. The van der Waals surface area contributed by atoms with E-state index in [4.69, 9.17) is 18.9 Å². The van der Waals surface area contributed by atoms with Crippen LogP contribution in [0.25, 0.3) is 11.3 Å². The second-order valence-electron chi connectivity index (χ2n) is 10.8. The van der Waals surface area contributed by atoms with Crippen LogP contribution in [0.1, 0.15) is 56.1 Å². The molecule has 2 aliphatic heterocycles. The van der Waals surface area contributed by atoms with Crippen LogP contribution < -0.4 is 14.9 Å². The van der Waals surface area contributed by atoms with E-state index in [0.29, 0.717) is 56.0 Å². The van der Waals surface area contributed by atoms with Crippen LogP contribution >= 0.6 is 0 Å². The number of ether oxygens (including phenoxy) is 4. The molecular weight excluding hydrogens is 462 g/mol. The van der Waals surface area contributed by atoms with Gasteiger partial charge in [-0.3, -0.25) is 4.79 Å². The third-order valence-electron chi connectivity index (χ3n) is 7.13. The SMILES string of the molecule is COc1cc2c(cc1OCC1(COCCC(C)C)COC1)CC(C(C)C)n1cc(C(=O)O)c(=O)cc1-2. The molecule has 2 aliphatic rings. The average Bonchev–Trinajstić information content (AvgIpc) is 2.80. The van der Waals surface area contributed by atoms with Gasteiger partial charge in [-0.1, -0.05) is 27.7 Å². The number of pyridine rings is 1. The van der Waals surface area contributed by atoms with E-state index in [1.54, 1.807) is 7.11 Å². The summed E-state index contributed by atoms with van der Waals surface area (Å²) in [5.41, 5.74) is 1.68. The van der Waals surface area contributed by atoms with Gasteiger partial charge in [0.1, 0.15) is 12.2 Å². The van der Waals surface area contributed by atoms with Gasteiger partial charge in [0.2, 0.25) is 0 Å². The summed E-state index contributed by atoms with van der Waals surface area (Å²) < 4.78 is 25.3. The Morgan fingerprint density at radius 1 is 1.17 bits per heavy atom. The Morgan fingerprint density at radius 2 is 1.92 bits per heavy atom. The first-order valence-electron chi connectivity index (χ1n) is 12.6. The monoisotopic (exact) mass is 499 g/mol. The number of methoxy groups -OCH3 is 1. The van der Waals surface area contributed by atoms with Gasteiger partial charge in [0.05, 0.1) is 38.0 Å². The quantitative estimate of drug-likeness (QED) is 0.457. The molecule has 3 heterocycles. The number of benzene rings is 1. The summed E-state index contributed by atoms with van der Waals surface area (Å²) >= 11 is 0. The van der Waals surface area contributed by atoms with E-state index < -0.39 is 11.4 Å². The predicted octanol–water partition coefficient (Wildman–Crippen LogP) is 4.43. The second-order valence-corrected chi connectivity index (χ2v) is 10.8. The molecule has 36 heavy (non-hydrogen) atoms. The van der Waals surface area contributed by atoms with Gasteiger partial charge in [-0.15, -0.1) is 0 Å². The van der Waals surface area contributed by atoms with Crippen LogP contribution in [0.4, 0.5) is 0 Å². The molecule has 0 spiro atoms. The number of nitrogens with zero attached hydrogens (tertiary/aromatic N) is 1. The summed E-state index contributed by atoms with van der Waals surface area (Å²) in [5.74, 6) is 0.818. The van der Waals surface area contributed by atoms with E-state index in [1.165, 1.54) is 12.3 Å². The number of hydrogen-bond donors (Lipinski definition) is 1. The molecule has 1 saturated heterocycles. The second kappa shape index (κ2) is 10.6. The summed E-state index contributed by atoms with van der Waals surface area (Å²) in [6.07, 6.45) is 3.19. The van der Waals surface area contributed by atoms with Crippen LogP contribution in [0, 0.1) is 17.3 Å². The molecule has 8 nitrogen and oxygen atoms in total. The Labute approximate surface area is 212 Å². The van der Waals surface area contributed by atoms with Gasteiger partial charge in [-0.25, -0.2) is 4.79 Å². The molecule has 4 rings (SSSR count). The van der Waals surface area contributed by atoms with Crippen molar-refractivity contribution < 1.29 is 28.8 Å². The van der Waals surface area contributed by atoms with Crippen molar-refractivity contribution in [2.75, 3.05) is 40.1 Å². The van der Waals surface area contributed by atoms with Crippen LogP contribution in [0.2, 0.25) is 0 Å². The molecule has 0 amide bonds. The van der Waals surface area contributed by atoms with Crippen LogP contribution in [0.3, 0.4) is 0 Å². The fraction of sp³-hybridized carbons (Fsp3) is 0.571. The number of hydrogen-bond acceptors (Lipinski definition) is 6. The number of rotatable bonds is 11. The van der Waals surface area contributed by atoms with Gasteiger partial charge in [0.15, 0.2) is 16.9 Å². The first kappa shape index (κ1) is 26.2. The van der Waals surface area contributed by atoms with Crippen LogP contribution in [0.5, 0.6) is 11.5 Å². The fourth-order valence-electron chi connectivity index (χ4n) is 4.80. The van der Waals surface area contributed by atoms with E-state index in [-0.39, 0.29) is 22.9 Å². The first-order chi connectivity index (χ1) is 17.1. The van der Waals surface area contributed by atoms with Crippen molar-refractivity contribution in [1.82, 2.24) is 4.57 Å². The molecule has 1 atom stereocenters. The van der Waals surface area contributed by atoms with Crippen molar-refractivity contribution in [2.24, 2.45) is 17.3 Å². The molecule has 196 valence electrons. The van der Waals surface area contributed by atoms with Crippen LogP contribution in [0.15, 0.2) is 29.2 Å². The Kier molecular flexibility index (Phi) is 7.76. The highest BCUT2D eigenvalue weighted by atomic mass is 16.5. The minimum atomic E-state index is -1.22. The molecule has 0 bridgehead atoms. The van der Waals surface area contributed by atoms with Crippen molar-refractivity contribution in [1.29, 1.82) is 0 Å². The molecule has 0 radical (unpaired) electrons. The average molecular weight is 500 g/mol. The number of carboxylic acids is 1. The zero-order valence-corrected chi connectivity index (χ0v) is 21.8. The lowest BCUT2D eigenvalue weighted by Crippen LogP contribution is -2.50. The maximum Gasteiger partial charge on any atom is 0.341 e. The number of aromatic nitrogens is 1. The molecule has 1 aromatic heterocycles. The van der Waals surface area contributed by atoms with Gasteiger partial charge in [-0.2, -0.15) is 0 Å². The van der Waals surface area contributed by atoms with Crippen LogP contribution in [-0.2, 0) is 15.9 Å². The van der Waals surface area contributed by atoms with E-state index in [2.05, 4.69) is 27.7 Å². The molecule has 1 N–H and O–H groups in total. The molecular formula is C28H37NO7. The number of carboxylic acid groups (broad SMARTS) is 1. The van der Waals surface area contributed by atoms with Gasteiger partial charge in [0, 0.05) is 30.5 Å². The summed E-state index contributed by atoms with van der Waals surface area (Å²) in [4.78, 5) is 24.2. The number of fused-ring (bicyclic) bond motifs is 3. The highest BCUT2D eigenvalue weighted by Gasteiger charge is 2.40. The van der Waals surface area contributed by atoms with E-state index >= 15 is 0 Å². The standard InChI is InChI=1S/C28H37NO7/c1-17(2)6-7-34-13-28(14-35-15-28)16-36-26-9-19-8-22(18(3)4)29-12-21(27(31)32)24(30)11-23(29)20(19)10-25(26)33-5/h9-12,17-18,22H,6-8,13-16H2,1-5H3,(H,31,32). The minimum Gasteiger partial charge on any atom is -0.493 e. The molecule has 0 saturated carbocycles. The fourth-order valence-corrected chi connectivity index (χ4v) is 4.80. The van der Waals surface area contributed by atoms with Crippen LogP contribution in [-0.4, -0.2) is 55.8 Å². The Balaban J connectivity index is 1.62. The zero-order chi connectivity index (χ0) is 26.0. The topological polar surface area (TPSA) is 96.2 Å². The minimum absolute atomic E-state index is 0.00757. The smallest absolute Gasteiger partial charge is 0.341 e. The molecule has 1 unspecified atom stereocenters. The Bertz CT molecular complexity index is 1160. The Hall–Kier alpha value is -2.84. The maximum absolute atomic E-state index is 12.6. The first-order valence-corrected chi connectivity index (χ1v) is 12.6. The third kappa shape index (κ3) is 5.30. The maximum atomic E-state index is 12.6. The van der Waals surface area contributed by atoms with Gasteiger partial charge in [0.25, 0.3) is 0 Å². The van der Waals surface area contributed by atoms with Crippen molar-refractivity contribution >= 4 is 5.97 Å². The molecule has 8 heteroatoms. The number of carbonyl (C=O) groups is 1. The molecule has 0 aliphatic carbocycles. The zero-order valence-electron chi connectivity index (χ0n) is 21.8. The summed E-state index contributed by atoms with van der Waals surface area (Å²) in [5, 5.41) is 9.48. The summed E-state index contributed by atoms with van der Waals surface area (Å²) in [6, 6.07) is 5.31. The lowest BCUT2D eigenvalue weighted by Gasteiger charge is -2.40. The van der Waals surface area contributed by atoms with Gasteiger partial charge >= 0.3 is 5.97 Å². The summed E-state index contributed by atoms with van der Waals surface area (Å²) in [6.45, 7) is 11.5. The third-order valence-corrected chi connectivity index (χ3v) is 7.13. The van der Waals surface area contributed by atoms with Crippen molar-refractivity contribution in [3.05, 3.63) is 45.7 Å². The van der Waals surface area contributed by atoms with Crippen molar-refractivity contribution in [3.8, 4) is 22.8 Å². The van der Waals surface area contributed by atoms with Gasteiger partial charge in [-0.05, 0) is 42.4 Å². The Morgan fingerprint density at radius 3 is 2.50 bits per heavy atom. The molecule has 2 aromatic rings. The molecule has 1 fully saturated rings. The van der Waals surface area contributed by atoms with Crippen molar-refractivity contribution in [2.45, 2.75) is 46.6 Å². The lowest BCUT2D eigenvalue weighted by atomic mass is 9.86.